The number of rotatable bonds is 5. The molecule has 0 bridgehead atoms. The third-order valence-electron chi connectivity index (χ3n) is 2.23. The normalized spacial score (nSPS) is 9.33. The Morgan fingerprint density at radius 2 is 2.33 bits per heavy atom. The minimum atomic E-state index is -0.648. The van der Waals surface area contributed by atoms with Crippen molar-refractivity contribution in [3.05, 3.63) is 27.6 Å². The van der Waals surface area contributed by atoms with Crippen LogP contribution in [0.1, 0.15) is 22.3 Å². The molecule has 1 aromatic heterocycles. The van der Waals surface area contributed by atoms with E-state index in [4.69, 9.17) is 10.8 Å². The Morgan fingerprint density at radius 3 is 2.89 bits per heavy atom. The summed E-state index contributed by atoms with van der Waals surface area (Å²) >= 11 is 0. The van der Waals surface area contributed by atoms with Gasteiger partial charge < -0.3 is 9.73 Å². The van der Waals surface area contributed by atoms with Crippen LogP contribution in [0.2, 0.25) is 0 Å². The van der Waals surface area contributed by atoms with Crippen molar-refractivity contribution >= 4 is 18.2 Å². The number of anilines is 1. The fraction of sp³-hybridized carbons (Fsp3) is 0.250. The lowest BCUT2D eigenvalue weighted by Gasteiger charge is -2.10. The topological polar surface area (TPSA) is 88.4 Å². The number of nitrogens with one attached hydrogen (secondary N) is 2. The van der Waals surface area contributed by atoms with E-state index in [9.17, 15) is 14.4 Å². The van der Waals surface area contributed by atoms with E-state index in [-0.39, 0.29) is 17.9 Å². The Balaban J connectivity index is 3.32. The zero-order chi connectivity index (χ0) is 13.5. The predicted octanol–water partition coefficient (Wildman–Crippen LogP) is 0.133. The quantitative estimate of drug-likeness (QED) is 0.571. The van der Waals surface area contributed by atoms with E-state index in [0.29, 0.717) is 18.4 Å². The molecule has 2 N–H and O–H groups in total. The van der Waals surface area contributed by atoms with Gasteiger partial charge in [-0.3, -0.25) is 14.9 Å². The molecule has 0 unspecified atom stereocenters. The van der Waals surface area contributed by atoms with E-state index in [1.807, 2.05) is 5.32 Å². The number of amides is 2. The first-order valence-electron chi connectivity index (χ1n) is 5.16. The largest absolute Gasteiger partial charge is 0.406 e. The fourth-order valence-corrected chi connectivity index (χ4v) is 1.50. The van der Waals surface area contributed by atoms with E-state index < -0.39 is 11.5 Å². The van der Waals surface area contributed by atoms with E-state index >= 15 is 0 Å². The van der Waals surface area contributed by atoms with E-state index in [1.54, 1.807) is 0 Å². The second kappa shape index (κ2) is 6.25. The molecule has 1 aromatic rings. The minimum Gasteiger partial charge on any atom is -0.406 e. The molecule has 1 heterocycles. The van der Waals surface area contributed by atoms with Crippen molar-refractivity contribution in [2.45, 2.75) is 12.8 Å². The molecule has 0 aromatic carbocycles. The molecule has 94 valence electrons. The predicted molar refractivity (Wildman–Crippen MR) is 65.2 cm³/mol. The zero-order valence-electron chi connectivity index (χ0n) is 9.78. The summed E-state index contributed by atoms with van der Waals surface area (Å²) in [5, 5.41) is 4.60. The van der Waals surface area contributed by atoms with Crippen LogP contribution in [0.15, 0.2) is 15.3 Å². The van der Waals surface area contributed by atoms with Gasteiger partial charge in [0.15, 0.2) is 0 Å². The van der Waals surface area contributed by atoms with E-state index in [1.165, 1.54) is 13.1 Å². The monoisotopic (exact) mass is 248 g/mol. The lowest BCUT2D eigenvalue weighted by atomic mass is 10.0. The van der Waals surface area contributed by atoms with Crippen molar-refractivity contribution in [3.63, 3.8) is 0 Å². The SMILES string of the molecule is C#CCCc1cc(=O)oc(NC)c1C(=O)NC=O. The molecule has 18 heavy (non-hydrogen) atoms. The van der Waals surface area contributed by atoms with Gasteiger partial charge in [-0.25, -0.2) is 4.79 Å². The maximum atomic E-state index is 11.7. The molecule has 0 radical (unpaired) electrons. The van der Waals surface area contributed by atoms with Crippen LogP contribution in [-0.4, -0.2) is 19.4 Å². The Labute approximate surface area is 103 Å². The summed E-state index contributed by atoms with van der Waals surface area (Å²) in [7, 11) is 1.50. The van der Waals surface area contributed by atoms with Crippen molar-refractivity contribution in [1.82, 2.24) is 5.32 Å². The van der Waals surface area contributed by atoms with E-state index in [2.05, 4.69) is 11.2 Å². The highest BCUT2D eigenvalue weighted by atomic mass is 16.4. The van der Waals surface area contributed by atoms with Crippen LogP contribution in [0.4, 0.5) is 5.88 Å². The van der Waals surface area contributed by atoms with Gasteiger partial charge in [0.1, 0.15) is 5.56 Å². The average Bonchev–Trinajstić information content (AvgIpc) is 2.35. The van der Waals surface area contributed by atoms with Crippen molar-refractivity contribution in [1.29, 1.82) is 0 Å². The summed E-state index contributed by atoms with van der Waals surface area (Å²) in [5.74, 6) is 1.78. The Morgan fingerprint density at radius 1 is 1.61 bits per heavy atom. The minimum absolute atomic E-state index is 0.00821. The number of carbonyl (C=O) groups is 2. The summed E-state index contributed by atoms with van der Waals surface area (Å²) in [5.41, 5.74) is -0.0404. The molecule has 0 aliphatic rings. The summed E-state index contributed by atoms with van der Waals surface area (Å²) in [6.07, 6.45) is 6.12. The number of imide groups is 1. The van der Waals surface area contributed by atoms with Gasteiger partial charge in [0.05, 0.1) is 0 Å². The third kappa shape index (κ3) is 2.98. The molecule has 2 amide bonds. The van der Waals surface area contributed by atoms with Crippen LogP contribution in [0.25, 0.3) is 0 Å². The molecule has 0 saturated carbocycles. The molecule has 0 fully saturated rings. The molecule has 6 heteroatoms. The van der Waals surface area contributed by atoms with Gasteiger partial charge in [0.25, 0.3) is 5.91 Å². The van der Waals surface area contributed by atoms with Crippen molar-refractivity contribution in [2.75, 3.05) is 12.4 Å². The molecular formula is C12H12N2O4. The lowest BCUT2D eigenvalue weighted by molar-refractivity contribution is -0.108. The number of aryl methyl sites for hydroxylation is 1. The van der Waals surface area contributed by atoms with Crippen molar-refractivity contribution in [3.8, 4) is 12.3 Å². The number of hydrogen-bond acceptors (Lipinski definition) is 5. The molecule has 0 aliphatic heterocycles. The average molecular weight is 248 g/mol. The van der Waals surface area contributed by atoms with Gasteiger partial charge in [0.2, 0.25) is 12.3 Å². The van der Waals surface area contributed by atoms with Crippen LogP contribution in [0, 0.1) is 12.3 Å². The molecule has 6 nitrogen and oxygen atoms in total. The first kappa shape index (κ1) is 13.5. The highest BCUT2D eigenvalue weighted by molar-refractivity contribution is 6.04. The molecule has 0 spiro atoms. The number of carbonyl (C=O) groups excluding carboxylic acids is 2. The maximum absolute atomic E-state index is 11.7. The molecule has 0 aliphatic carbocycles. The maximum Gasteiger partial charge on any atom is 0.337 e. The standard InChI is InChI=1S/C12H12N2O4/c1-3-4-5-8-6-9(16)18-12(13-2)10(8)11(17)14-7-15/h1,6-7,13H,4-5H2,2H3,(H,14,15,17). The molecule has 0 saturated heterocycles. The molecule has 1 rings (SSSR count). The first-order chi connectivity index (χ1) is 8.63. The Kier molecular flexibility index (Phi) is 4.69. The van der Waals surface area contributed by atoms with Crippen LogP contribution in [0.3, 0.4) is 0 Å². The fourth-order valence-electron chi connectivity index (χ4n) is 1.50. The van der Waals surface area contributed by atoms with Crippen molar-refractivity contribution in [2.24, 2.45) is 0 Å². The Hall–Kier alpha value is -2.55. The molecule has 0 atom stereocenters. The highest BCUT2D eigenvalue weighted by Gasteiger charge is 2.18. The van der Waals surface area contributed by atoms with Crippen LogP contribution < -0.4 is 16.3 Å². The summed E-state index contributed by atoms with van der Waals surface area (Å²) in [4.78, 5) is 33.3. The van der Waals surface area contributed by atoms with Crippen LogP contribution in [0.5, 0.6) is 0 Å². The highest BCUT2D eigenvalue weighted by Crippen LogP contribution is 2.18. The van der Waals surface area contributed by atoms with Gasteiger partial charge in [0, 0.05) is 19.5 Å². The summed E-state index contributed by atoms with van der Waals surface area (Å²) < 4.78 is 4.85. The zero-order valence-corrected chi connectivity index (χ0v) is 9.78. The summed E-state index contributed by atoms with van der Waals surface area (Å²) in [6.45, 7) is 0. The first-order valence-corrected chi connectivity index (χ1v) is 5.16. The van der Waals surface area contributed by atoms with Gasteiger partial charge in [-0.05, 0) is 12.0 Å². The van der Waals surface area contributed by atoms with E-state index in [0.717, 1.165) is 0 Å². The molecular weight excluding hydrogens is 236 g/mol. The second-order valence-electron chi connectivity index (χ2n) is 3.34. The number of terminal acetylenes is 1. The lowest BCUT2D eigenvalue weighted by Crippen LogP contribution is -2.25. The van der Waals surface area contributed by atoms with Gasteiger partial charge in [-0.2, -0.15) is 0 Å². The smallest absolute Gasteiger partial charge is 0.337 e. The van der Waals surface area contributed by atoms with Crippen molar-refractivity contribution < 1.29 is 14.0 Å². The van der Waals surface area contributed by atoms with Gasteiger partial charge in [-0.1, -0.05) is 0 Å². The van der Waals surface area contributed by atoms with Gasteiger partial charge in [-0.15, -0.1) is 12.3 Å². The second-order valence-corrected chi connectivity index (χ2v) is 3.34. The third-order valence-corrected chi connectivity index (χ3v) is 2.23. The summed E-state index contributed by atoms with van der Waals surface area (Å²) in [6, 6.07) is 1.19. The Bertz CT molecular complexity index is 554. The van der Waals surface area contributed by atoms with Crippen LogP contribution >= 0.6 is 0 Å². The van der Waals surface area contributed by atoms with Gasteiger partial charge >= 0.3 is 5.63 Å². The number of hydrogen-bond donors (Lipinski definition) is 2. The van der Waals surface area contributed by atoms with Crippen LogP contribution in [-0.2, 0) is 11.2 Å².